The predicted octanol–water partition coefficient (Wildman–Crippen LogP) is 9.98. The van der Waals surface area contributed by atoms with E-state index in [0.717, 1.165) is 23.7 Å². The van der Waals surface area contributed by atoms with Gasteiger partial charge in [-0.1, -0.05) is 124 Å². The third-order valence-electron chi connectivity index (χ3n) is 8.54. The molecule has 1 aliphatic carbocycles. The van der Waals surface area contributed by atoms with Crippen LogP contribution >= 0.6 is 0 Å². The molecule has 1 aliphatic rings. The largest absolute Gasteiger partial charge is 0.0704 e. The predicted molar refractivity (Wildman–Crippen MR) is 129 cm³/mol. The van der Waals surface area contributed by atoms with Crippen LogP contribution in [-0.2, 0) is 0 Å². The zero-order chi connectivity index (χ0) is 21.2. The number of hydrogen-bond acceptors (Lipinski definition) is 0. The molecule has 5 unspecified atom stereocenters. The number of unbranched alkanes of at least 4 members (excludes halogenated alkanes) is 4. The van der Waals surface area contributed by atoms with Crippen LogP contribution in [0.15, 0.2) is 11.1 Å². The maximum absolute atomic E-state index is 2.57. The molecule has 28 heavy (non-hydrogen) atoms. The Hall–Kier alpha value is -0.260. The molecule has 1 rings (SSSR count). The standard InChI is InChI=1S/C28H54/c1-9-15-16-17-18-19-24(11-3)26(13-5)25(12-4)22(7)23(8)27-21-28(27,14-6)20-10-2/h22,24-26H,9-21H2,1-8H3. The van der Waals surface area contributed by atoms with Crippen molar-refractivity contribution >= 4 is 0 Å². The molecule has 0 radical (unpaired) electrons. The minimum absolute atomic E-state index is 0.594. The Morgan fingerprint density at radius 3 is 1.96 bits per heavy atom. The topological polar surface area (TPSA) is 0 Å². The Morgan fingerprint density at radius 2 is 1.46 bits per heavy atom. The Balaban J connectivity index is 2.83. The molecule has 0 heteroatoms. The Labute approximate surface area is 179 Å². The van der Waals surface area contributed by atoms with E-state index in [9.17, 15) is 0 Å². The zero-order valence-electron chi connectivity index (χ0n) is 21.0. The van der Waals surface area contributed by atoms with Crippen LogP contribution < -0.4 is 0 Å². The molecule has 0 amide bonds. The van der Waals surface area contributed by atoms with Crippen LogP contribution in [0.3, 0.4) is 0 Å². The van der Waals surface area contributed by atoms with Gasteiger partial charge in [0, 0.05) is 0 Å². The molecule has 1 saturated carbocycles. The van der Waals surface area contributed by atoms with E-state index >= 15 is 0 Å². The molecular weight excluding hydrogens is 336 g/mol. The van der Waals surface area contributed by atoms with E-state index in [1.165, 1.54) is 83.5 Å². The van der Waals surface area contributed by atoms with Gasteiger partial charge in [-0.3, -0.25) is 0 Å². The molecule has 0 spiro atoms. The van der Waals surface area contributed by atoms with Crippen molar-refractivity contribution in [2.75, 3.05) is 0 Å². The van der Waals surface area contributed by atoms with E-state index < -0.39 is 0 Å². The third kappa shape index (κ3) is 6.63. The maximum Gasteiger partial charge on any atom is -0.00504 e. The highest BCUT2D eigenvalue weighted by molar-refractivity contribution is 5.37. The Kier molecular flexibility index (Phi) is 12.1. The first-order valence-corrected chi connectivity index (χ1v) is 13.2. The van der Waals surface area contributed by atoms with Crippen LogP contribution in [0.4, 0.5) is 0 Å². The van der Waals surface area contributed by atoms with E-state index in [1.807, 2.05) is 5.57 Å². The molecule has 0 aromatic heterocycles. The van der Waals surface area contributed by atoms with E-state index in [1.54, 1.807) is 5.57 Å². The molecule has 0 bridgehead atoms. The summed E-state index contributed by atoms with van der Waals surface area (Å²) in [6.45, 7) is 19.5. The molecule has 166 valence electrons. The second kappa shape index (κ2) is 13.1. The Morgan fingerprint density at radius 1 is 0.821 bits per heavy atom. The van der Waals surface area contributed by atoms with Crippen LogP contribution in [-0.4, -0.2) is 0 Å². The second-order valence-electron chi connectivity index (χ2n) is 10.0. The molecule has 0 N–H and O–H groups in total. The van der Waals surface area contributed by atoms with Gasteiger partial charge >= 0.3 is 0 Å². The fourth-order valence-electron chi connectivity index (χ4n) is 6.42. The first kappa shape index (κ1) is 25.8. The van der Waals surface area contributed by atoms with Crippen LogP contribution in [0.2, 0.25) is 0 Å². The van der Waals surface area contributed by atoms with Crippen LogP contribution in [0.25, 0.3) is 0 Å². The summed E-state index contributed by atoms with van der Waals surface area (Å²) in [5, 5.41) is 0. The van der Waals surface area contributed by atoms with Crippen molar-refractivity contribution < 1.29 is 0 Å². The van der Waals surface area contributed by atoms with E-state index in [0.29, 0.717) is 5.41 Å². The van der Waals surface area contributed by atoms with E-state index in [4.69, 9.17) is 0 Å². The van der Waals surface area contributed by atoms with Crippen molar-refractivity contribution in [3.05, 3.63) is 11.1 Å². The fourth-order valence-corrected chi connectivity index (χ4v) is 6.42. The van der Waals surface area contributed by atoms with Gasteiger partial charge in [-0.2, -0.15) is 0 Å². The van der Waals surface area contributed by atoms with Gasteiger partial charge in [0.15, 0.2) is 0 Å². The summed E-state index contributed by atoms with van der Waals surface area (Å²) < 4.78 is 0. The lowest BCUT2D eigenvalue weighted by Crippen LogP contribution is -2.28. The molecule has 0 aromatic carbocycles. The van der Waals surface area contributed by atoms with E-state index in [-0.39, 0.29) is 0 Å². The lowest BCUT2D eigenvalue weighted by Gasteiger charge is -2.37. The Bertz CT molecular complexity index is 445. The maximum atomic E-state index is 2.57. The van der Waals surface area contributed by atoms with Gasteiger partial charge in [0.25, 0.3) is 0 Å². The monoisotopic (exact) mass is 390 g/mol. The summed E-state index contributed by atoms with van der Waals surface area (Å²) in [6, 6.07) is 0. The average Bonchev–Trinajstić information content (AvgIpc) is 3.43. The third-order valence-corrected chi connectivity index (χ3v) is 8.54. The highest BCUT2D eigenvalue weighted by atomic mass is 14.5. The first-order valence-electron chi connectivity index (χ1n) is 13.2. The minimum Gasteiger partial charge on any atom is -0.0704 e. The van der Waals surface area contributed by atoms with Gasteiger partial charge in [-0.25, -0.2) is 0 Å². The van der Waals surface area contributed by atoms with Crippen molar-refractivity contribution in [3.63, 3.8) is 0 Å². The quantitative estimate of drug-likeness (QED) is 0.182. The molecule has 0 saturated heterocycles. The number of rotatable bonds is 16. The van der Waals surface area contributed by atoms with Gasteiger partial charge in [-0.15, -0.1) is 0 Å². The smallest absolute Gasteiger partial charge is 0.00504 e. The zero-order valence-corrected chi connectivity index (χ0v) is 21.0. The number of hydrogen-bond donors (Lipinski definition) is 0. The lowest BCUT2D eigenvalue weighted by molar-refractivity contribution is 0.157. The summed E-state index contributed by atoms with van der Waals surface area (Å²) in [5.74, 6) is 3.48. The summed E-state index contributed by atoms with van der Waals surface area (Å²) in [6.07, 6.45) is 18.2. The highest BCUT2D eigenvalue weighted by Crippen LogP contribution is 2.60. The van der Waals surface area contributed by atoms with Crippen molar-refractivity contribution in [1.82, 2.24) is 0 Å². The summed E-state index contributed by atoms with van der Waals surface area (Å²) in [7, 11) is 0. The van der Waals surface area contributed by atoms with Gasteiger partial charge in [-0.05, 0) is 55.3 Å². The normalized spacial score (nSPS) is 25.3. The van der Waals surface area contributed by atoms with Gasteiger partial charge in [0.05, 0.1) is 0 Å². The molecule has 1 fully saturated rings. The molecular formula is C28H54. The summed E-state index contributed by atoms with van der Waals surface area (Å²) in [4.78, 5) is 0. The molecule has 0 aromatic rings. The molecule has 0 aliphatic heterocycles. The van der Waals surface area contributed by atoms with Crippen LogP contribution in [0.5, 0.6) is 0 Å². The van der Waals surface area contributed by atoms with Crippen LogP contribution in [0, 0.1) is 29.1 Å². The second-order valence-corrected chi connectivity index (χ2v) is 10.0. The summed E-state index contributed by atoms with van der Waals surface area (Å²) in [5.41, 5.74) is 4.22. The molecule has 0 heterocycles. The van der Waals surface area contributed by atoms with Crippen molar-refractivity contribution in [3.8, 4) is 0 Å². The van der Waals surface area contributed by atoms with Crippen molar-refractivity contribution in [2.45, 2.75) is 139 Å². The summed E-state index contributed by atoms with van der Waals surface area (Å²) >= 11 is 0. The lowest BCUT2D eigenvalue weighted by atomic mass is 9.68. The van der Waals surface area contributed by atoms with Crippen molar-refractivity contribution in [2.24, 2.45) is 29.1 Å². The van der Waals surface area contributed by atoms with E-state index in [2.05, 4.69) is 55.4 Å². The molecule has 0 nitrogen and oxygen atoms in total. The van der Waals surface area contributed by atoms with Crippen molar-refractivity contribution in [1.29, 1.82) is 0 Å². The highest BCUT2D eigenvalue weighted by Gasteiger charge is 2.48. The van der Waals surface area contributed by atoms with Crippen LogP contribution in [0.1, 0.15) is 139 Å². The van der Waals surface area contributed by atoms with Gasteiger partial charge < -0.3 is 0 Å². The average molecular weight is 391 g/mol. The number of allylic oxidation sites excluding steroid dienone is 2. The van der Waals surface area contributed by atoms with Gasteiger partial charge in [0.2, 0.25) is 0 Å². The molecule has 5 atom stereocenters. The first-order chi connectivity index (χ1) is 13.5. The minimum atomic E-state index is 0.594. The van der Waals surface area contributed by atoms with Gasteiger partial charge in [0.1, 0.15) is 0 Å². The SMILES string of the molecule is CCCCCCCC(CC)C(CC)C(CC)C(C)C(C)=C1CC1(CC)CCC. The fraction of sp³-hybridized carbons (Fsp3) is 0.929.